The predicted molar refractivity (Wildman–Crippen MR) is 97.0 cm³/mol. The standard InChI is InChI=1S/C18H26ClN3O2/c1-24-17-4-3-14(19)10-16(17)22-9-7-15(12-22)21-18(23)5-2-13-6-8-20-11-13/h3-4,10,13,15,20H,2,5-9,11-12H2,1H3,(H,21,23). The number of nitrogens with one attached hydrogen (secondary N) is 2. The molecule has 24 heavy (non-hydrogen) atoms. The monoisotopic (exact) mass is 351 g/mol. The Morgan fingerprint density at radius 2 is 2.33 bits per heavy atom. The van der Waals surface area contributed by atoms with Crippen LogP contribution >= 0.6 is 11.6 Å². The number of hydrogen-bond acceptors (Lipinski definition) is 4. The molecule has 1 aromatic carbocycles. The summed E-state index contributed by atoms with van der Waals surface area (Å²) < 4.78 is 5.43. The fourth-order valence-corrected chi connectivity index (χ4v) is 3.77. The van der Waals surface area contributed by atoms with Gasteiger partial charge in [0, 0.05) is 30.6 Å². The van der Waals surface area contributed by atoms with Gasteiger partial charge < -0.3 is 20.3 Å². The minimum Gasteiger partial charge on any atom is -0.495 e. The number of carbonyl (C=O) groups excluding carboxylic acids is 1. The van der Waals surface area contributed by atoms with Crippen molar-refractivity contribution in [2.75, 3.05) is 38.2 Å². The maximum atomic E-state index is 12.2. The zero-order chi connectivity index (χ0) is 16.9. The quantitative estimate of drug-likeness (QED) is 0.826. The van der Waals surface area contributed by atoms with E-state index in [1.54, 1.807) is 7.11 Å². The Labute approximate surface area is 148 Å². The van der Waals surface area contributed by atoms with Gasteiger partial charge in [-0.3, -0.25) is 4.79 Å². The number of halogens is 1. The van der Waals surface area contributed by atoms with Crippen molar-refractivity contribution in [1.82, 2.24) is 10.6 Å². The molecule has 2 saturated heterocycles. The number of hydrogen-bond donors (Lipinski definition) is 2. The summed E-state index contributed by atoms with van der Waals surface area (Å²) in [6, 6.07) is 5.84. The van der Waals surface area contributed by atoms with Gasteiger partial charge in [-0.2, -0.15) is 0 Å². The molecular weight excluding hydrogens is 326 g/mol. The van der Waals surface area contributed by atoms with Crippen molar-refractivity contribution in [2.24, 2.45) is 5.92 Å². The lowest BCUT2D eigenvalue weighted by molar-refractivity contribution is -0.121. The molecule has 132 valence electrons. The van der Waals surface area contributed by atoms with Gasteiger partial charge in [0.1, 0.15) is 5.75 Å². The Balaban J connectivity index is 1.50. The first-order valence-electron chi connectivity index (χ1n) is 8.74. The molecule has 1 amide bonds. The second kappa shape index (κ2) is 8.08. The predicted octanol–water partition coefficient (Wildman–Crippen LogP) is 2.43. The summed E-state index contributed by atoms with van der Waals surface area (Å²) in [5.74, 6) is 1.65. The lowest BCUT2D eigenvalue weighted by atomic mass is 10.0. The Hall–Kier alpha value is -1.46. The highest BCUT2D eigenvalue weighted by molar-refractivity contribution is 6.30. The van der Waals surface area contributed by atoms with Crippen molar-refractivity contribution in [3.63, 3.8) is 0 Å². The number of carbonyl (C=O) groups is 1. The van der Waals surface area contributed by atoms with Crippen LogP contribution in [0.2, 0.25) is 5.02 Å². The third kappa shape index (κ3) is 4.33. The smallest absolute Gasteiger partial charge is 0.220 e. The van der Waals surface area contributed by atoms with Gasteiger partial charge in [0.25, 0.3) is 0 Å². The van der Waals surface area contributed by atoms with E-state index in [-0.39, 0.29) is 11.9 Å². The normalized spacial score (nSPS) is 23.5. The van der Waals surface area contributed by atoms with Crippen LogP contribution in [0.3, 0.4) is 0 Å². The number of methoxy groups -OCH3 is 1. The summed E-state index contributed by atoms with van der Waals surface area (Å²) in [5, 5.41) is 7.22. The van der Waals surface area contributed by atoms with Gasteiger partial charge in [-0.05, 0) is 56.5 Å². The summed E-state index contributed by atoms with van der Waals surface area (Å²) in [4.78, 5) is 14.4. The maximum absolute atomic E-state index is 12.2. The molecule has 2 heterocycles. The van der Waals surface area contributed by atoms with Crippen LogP contribution in [0.4, 0.5) is 5.69 Å². The van der Waals surface area contributed by atoms with E-state index in [1.165, 1.54) is 6.42 Å². The van der Waals surface area contributed by atoms with Crippen LogP contribution in [0.25, 0.3) is 0 Å². The molecule has 0 saturated carbocycles. The first-order chi connectivity index (χ1) is 11.7. The summed E-state index contributed by atoms with van der Waals surface area (Å²) in [6.07, 6.45) is 3.76. The van der Waals surface area contributed by atoms with E-state index in [2.05, 4.69) is 15.5 Å². The molecule has 0 aliphatic carbocycles. The first kappa shape index (κ1) is 17.4. The van der Waals surface area contributed by atoms with Crippen molar-refractivity contribution in [1.29, 1.82) is 0 Å². The van der Waals surface area contributed by atoms with Crippen molar-refractivity contribution in [3.8, 4) is 5.75 Å². The van der Waals surface area contributed by atoms with Gasteiger partial charge in [-0.1, -0.05) is 11.6 Å². The van der Waals surface area contributed by atoms with E-state index in [0.29, 0.717) is 17.4 Å². The molecule has 2 aliphatic heterocycles. The van der Waals surface area contributed by atoms with Gasteiger partial charge in [-0.15, -0.1) is 0 Å². The van der Waals surface area contributed by atoms with Gasteiger partial charge in [0.2, 0.25) is 5.91 Å². The molecule has 2 N–H and O–H groups in total. The molecule has 1 aromatic rings. The summed E-state index contributed by atoms with van der Waals surface area (Å²) >= 11 is 6.12. The molecule has 0 radical (unpaired) electrons. The minimum atomic E-state index is 0.173. The summed E-state index contributed by atoms with van der Waals surface area (Å²) in [5.41, 5.74) is 0.999. The molecule has 6 heteroatoms. The third-order valence-electron chi connectivity index (χ3n) is 4.98. The van der Waals surface area contributed by atoms with Crippen LogP contribution in [-0.4, -0.2) is 45.2 Å². The number of anilines is 1. The van der Waals surface area contributed by atoms with E-state index in [4.69, 9.17) is 16.3 Å². The molecular formula is C18H26ClN3O2. The van der Waals surface area contributed by atoms with E-state index in [0.717, 1.165) is 50.5 Å². The molecule has 2 atom stereocenters. The Morgan fingerprint density at radius 1 is 1.46 bits per heavy atom. The first-order valence-corrected chi connectivity index (χ1v) is 9.12. The van der Waals surface area contributed by atoms with Gasteiger partial charge >= 0.3 is 0 Å². The zero-order valence-electron chi connectivity index (χ0n) is 14.2. The summed E-state index contributed by atoms with van der Waals surface area (Å²) in [7, 11) is 1.67. The zero-order valence-corrected chi connectivity index (χ0v) is 14.9. The number of nitrogens with zero attached hydrogens (tertiary/aromatic N) is 1. The van der Waals surface area contributed by atoms with Crippen LogP contribution in [0.1, 0.15) is 25.7 Å². The lowest BCUT2D eigenvalue weighted by Gasteiger charge is -2.22. The number of amides is 1. The molecule has 2 aliphatic rings. The molecule has 5 nitrogen and oxygen atoms in total. The molecule has 2 unspecified atom stereocenters. The van der Waals surface area contributed by atoms with E-state index in [9.17, 15) is 4.79 Å². The molecule has 0 spiro atoms. The second-order valence-electron chi connectivity index (χ2n) is 6.71. The van der Waals surface area contributed by atoms with Gasteiger partial charge in [0.15, 0.2) is 0 Å². The Bertz CT molecular complexity index is 575. The van der Waals surface area contributed by atoms with Crippen LogP contribution < -0.4 is 20.3 Å². The van der Waals surface area contributed by atoms with E-state index >= 15 is 0 Å². The van der Waals surface area contributed by atoms with Crippen molar-refractivity contribution in [3.05, 3.63) is 23.2 Å². The minimum absolute atomic E-state index is 0.173. The maximum Gasteiger partial charge on any atom is 0.220 e. The van der Waals surface area contributed by atoms with Crippen LogP contribution in [0, 0.1) is 5.92 Å². The fraction of sp³-hybridized carbons (Fsp3) is 0.611. The SMILES string of the molecule is COc1ccc(Cl)cc1N1CCC(NC(=O)CCC2CCNC2)C1. The van der Waals surface area contributed by atoms with Crippen LogP contribution in [0.15, 0.2) is 18.2 Å². The number of rotatable bonds is 6. The largest absolute Gasteiger partial charge is 0.495 e. The van der Waals surface area contributed by atoms with Crippen molar-refractivity contribution in [2.45, 2.75) is 31.7 Å². The van der Waals surface area contributed by atoms with Gasteiger partial charge in [0.05, 0.1) is 12.8 Å². The molecule has 0 aromatic heterocycles. The van der Waals surface area contributed by atoms with Gasteiger partial charge in [-0.25, -0.2) is 0 Å². The summed E-state index contributed by atoms with van der Waals surface area (Å²) in [6.45, 7) is 3.84. The Kier molecular flexibility index (Phi) is 5.85. The average Bonchev–Trinajstić information content (AvgIpc) is 3.24. The van der Waals surface area contributed by atoms with Crippen LogP contribution in [-0.2, 0) is 4.79 Å². The highest BCUT2D eigenvalue weighted by Crippen LogP contribution is 2.33. The fourth-order valence-electron chi connectivity index (χ4n) is 3.60. The second-order valence-corrected chi connectivity index (χ2v) is 7.15. The van der Waals surface area contributed by atoms with E-state index < -0.39 is 0 Å². The van der Waals surface area contributed by atoms with Crippen molar-refractivity contribution < 1.29 is 9.53 Å². The number of benzene rings is 1. The van der Waals surface area contributed by atoms with Crippen LogP contribution in [0.5, 0.6) is 5.75 Å². The lowest BCUT2D eigenvalue weighted by Crippen LogP contribution is -2.37. The number of ether oxygens (including phenoxy) is 1. The molecule has 2 fully saturated rings. The topological polar surface area (TPSA) is 53.6 Å². The van der Waals surface area contributed by atoms with Crippen molar-refractivity contribution >= 4 is 23.2 Å². The highest BCUT2D eigenvalue weighted by atomic mass is 35.5. The molecule has 0 bridgehead atoms. The third-order valence-corrected chi connectivity index (χ3v) is 5.21. The average molecular weight is 352 g/mol. The molecule has 3 rings (SSSR count). The Morgan fingerprint density at radius 3 is 3.08 bits per heavy atom. The highest BCUT2D eigenvalue weighted by Gasteiger charge is 2.26. The van der Waals surface area contributed by atoms with E-state index in [1.807, 2.05) is 18.2 Å².